The Morgan fingerprint density at radius 2 is 2.44 bits per heavy atom. The summed E-state index contributed by atoms with van der Waals surface area (Å²) in [5.74, 6) is 0.168. The van der Waals surface area contributed by atoms with Gasteiger partial charge in [0.15, 0.2) is 0 Å². The molecule has 1 aliphatic rings. The number of nitrogens with zero attached hydrogens (tertiary/aromatic N) is 2. The van der Waals surface area contributed by atoms with Crippen LogP contribution in [0.1, 0.15) is 19.8 Å². The Balaban J connectivity index is 1.83. The van der Waals surface area contributed by atoms with Crippen LogP contribution < -0.4 is 10.0 Å². The Morgan fingerprint density at radius 3 is 3.06 bits per heavy atom. The summed E-state index contributed by atoms with van der Waals surface area (Å²) in [4.78, 5) is 3.93. The summed E-state index contributed by atoms with van der Waals surface area (Å²) in [5, 5.41) is 3.20. The van der Waals surface area contributed by atoms with Gasteiger partial charge in [-0.25, -0.2) is 18.1 Å². The van der Waals surface area contributed by atoms with Gasteiger partial charge in [-0.3, -0.25) is 0 Å². The monoisotopic (exact) mass is 272 g/mol. The first-order valence-corrected chi connectivity index (χ1v) is 7.89. The minimum Gasteiger partial charge on any atom is -0.336 e. The molecular weight excluding hydrogens is 252 g/mol. The van der Waals surface area contributed by atoms with Crippen LogP contribution in [0, 0.1) is 0 Å². The average Bonchev–Trinajstić information content (AvgIpc) is 2.88. The van der Waals surface area contributed by atoms with Gasteiger partial charge in [0.05, 0.1) is 12.1 Å². The van der Waals surface area contributed by atoms with Gasteiger partial charge in [-0.05, 0) is 26.3 Å². The highest BCUT2D eigenvalue weighted by Crippen LogP contribution is 2.07. The maximum absolute atomic E-state index is 11.9. The Hall–Kier alpha value is -0.920. The van der Waals surface area contributed by atoms with Gasteiger partial charge in [0.25, 0.3) is 0 Å². The fourth-order valence-electron chi connectivity index (χ4n) is 2.27. The second-order valence-electron chi connectivity index (χ2n) is 4.85. The van der Waals surface area contributed by atoms with Crippen molar-refractivity contribution in [2.45, 2.75) is 38.4 Å². The van der Waals surface area contributed by atoms with Crippen molar-refractivity contribution in [2.24, 2.45) is 0 Å². The number of hydrogen-bond acceptors (Lipinski definition) is 4. The van der Waals surface area contributed by atoms with E-state index in [1.165, 1.54) is 0 Å². The molecule has 2 unspecified atom stereocenters. The van der Waals surface area contributed by atoms with Gasteiger partial charge >= 0.3 is 0 Å². The van der Waals surface area contributed by atoms with E-state index in [0.717, 1.165) is 19.4 Å². The SMILES string of the molecule is CC(Cn1ccnc1)NS(=O)(=O)CC1CCCN1. The number of imidazole rings is 1. The van der Waals surface area contributed by atoms with E-state index in [4.69, 9.17) is 0 Å². The topological polar surface area (TPSA) is 76.0 Å². The normalized spacial score (nSPS) is 22.2. The number of hydrogen-bond donors (Lipinski definition) is 2. The molecule has 7 heteroatoms. The van der Waals surface area contributed by atoms with Crippen LogP contribution in [-0.2, 0) is 16.6 Å². The molecule has 0 aliphatic carbocycles. The second kappa shape index (κ2) is 5.81. The molecule has 2 atom stereocenters. The first-order valence-electron chi connectivity index (χ1n) is 6.24. The Morgan fingerprint density at radius 1 is 1.61 bits per heavy atom. The van der Waals surface area contributed by atoms with E-state index in [0.29, 0.717) is 6.54 Å². The molecule has 1 saturated heterocycles. The molecule has 0 amide bonds. The molecule has 1 aromatic heterocycles. The highest BCUT2D eigenvalue weighted by atomic mass is 32.2. The van der Waals surface area contributed by atoms with E-state index >= 15 is 0 Å². The van der Waals surface area contributed by atoms with E-state index < -0.39 is 10.0 Å². The molecule has 1 aliphatic heterocycles. The molecule has 0 saturated carbocycles. The fourth-order valence-corrected chi connectivity index (χ4v) is 3.86. The summed E-state index contributed by atoms with van der Waals surface area (Å²) < 4.78 is 28.5. The average molecular weight is 272 g/mol. The van der Waals surface area contributed by atoms with Crippen LogP contribution in [0.15, 0.2) is 18.7 Å². The van der Waals surface area contributed by atoms with Gasteiger partial charge in [0, 0.05) is 31.0 Å². The maximum atomic E-state index is 11.9. The smallest absolute Gasteiger partial charge is 0.213 e. The molecule has 2 heterocycles. The minimum atomic E-state index is -3.21. The Kier molecular flexibility index (Phi) is 4.36. The fraction of sp³-hybridized carbons (Fsp3) is 0.727. The quantitative estimate of drug-likeness (QED) is 0.761. The van der Waals surface area contributed by atoms with E-state index in [1.54, 1.807) is 12.5 Å². The van der Waals surface area contributed by atoms with Crippen molar-refractivity contribution in [1.29, 1.82) is 0 Å². The van der Waals surface area contributed by atoms with Gasteiger partial charge in [-0.1, -0.05) is 0 Å². The first-order chi connectivity index (χ1) is 8.55. The Labute approximate surface area is 108 Å². The summed E-state index contributed by atoms with van der Waals surface area (Å²) in [6, 6.07) is -0.0338. The summed E-state index contributed by atoms with van der Waals surface area (Å²) in [6.45, 7) is 3.38. The Bertz CT molecular complexity index is 451. The summed E-state index contributed by atoms with van der Waals surface area (Å²) >= 11 is 0. The highest BCUT2D eigenvalue weighted by Gasteiger charge is 2.23. The van der Waals surface area contributed by atoms with E-state index in [1.807, 2.05) is 17.7 Å². The second-order valence-corrected chi connectivity index (χ2v) is 6.65. The number of sulfonamides is 1. The number of aromatic nitrogens is 2. The highest BCUT2D eigenvalue weighted by molar-refractivity contribution is 7.89. The van der Waals surface area contributed by atoms with Crippen LogP contribution in [0.2, 0.25) is 0 Å². The number of rotatable bonds is 6. The van der Waals surface area contributed by atoms with Gasteiger partial charge in [0.1, 0.15) is 0 Å². The maximum Gasteiger partial charge on any atom is 0.213 e. The third kappa shape index (κ3) is 4.08. The summed E-state index contributed by atoms with van der Waals surface area (Å²) in [6.07, 6.45) is 7.19. The van der Waals surface area contributed by atoms with Crippen LogP contribution in [0.4, 0.5) is 0 Å². The lowest BCUT2D eigenvalue weighted by Crippen LogP contribution is -2.41. The number of nitrogens with one attached hydrogen (secondary N) is 2. The zero-order valence-corrected chi connectivity index (χ0v) is 11.4. The lowest BCUT2D eigenvalue weighted by atomic mass is 10.3. The molecule has 1 aromatic rings. The zero-order valence-electron chi connectivity index (χ0n) is 10.5. The van der Waals surface area contributed by atoms with Gasteiger partial charge < -0.3 is 9.88 Å². The molecule has 18 heavy (non-hydrogen) atoms. The largest absolute Gasteiger partial charge is 0.336 e. The van der Waals surface area contributed by atoms with E-state index in [-0.39, 0.29) is 17.8 Å². The predicted octanol–water partition coefficient (Wildman–Crippen LogP) is -0.0570. The molecule has 0 bridgehead atoms. The van der Waals surface area contributed by atoms with Gasteiger partial charge in [-0.2, -0.15) is 0 Å². The van der Waals surface area contributed by atoms with Crippen LogP contribution in [0.5, 0.6) is 0 Å². The van der Waals surface area contributed by atoms with Crippen molar-refractivity contribution in [3.63, 3.8) is 0 Å². The molecule has 2 N–H and O–H groups in total. The van der Waals surface area contributed by atoms with Gasteiger partial charge in [0.2, 0.25) is 10.0 Å². The van der Waals surface area contributed by atoms with E-state index in [9.17, 15) is 8.42 Å². The standard InChI is InChI=1S/C11H20N4O2S/c1-10(7-15-6-5-12-9-15)14-18(16,17)8-11-3-2-4-13-11/h5-6,9-11,13-14H,2-4,7-8H2,1H3. The van der Waals surface area contributed by atoms with Crippen molar-refractivity contribution in [3.05, 3.63) is 18.7 Å². The first kappa shape index (κ1) is 13.5. The minimum absolute atomic E-state index is 0.0999. The predicted molar refractivity (Wildman–Crippen MR) is 69.6 cm³/mol. The van der Waals surface area contributed by atoms with Crippen LogP contribution in [0.25, 0.3) is 0 Å². The van der Waals surface area contributed by atoms with Crippen molar-refractivity contribution >= 4 is 10.0 Å². The molecular formula is C11H20N4O2S. The third-order valence-corrected chi connectivity index (χ3v) is 4.61. The molecule has 2 rings (SSSR count). The van der Waals surface area contributed by atoms with Crippen LogP contribution in [0.3, 0.4) is 0 Å². The molecule has 0 radical (unpaired) electrons. The third-order valence-electron chi connectivity index (χ3n) is 3.01. The lowest BCUT2D eigenvalue weighted by Gasteiger charge is -2.17. The van der Waals surface area contributed by atoms with Crippen molar-refractivity contribution in [3.8, 4) is 0 Å². The van der Waals surface area contributed by atoms with E-state index in [2.05, 4.69) is 15.0 Å². The van der Waals surface area contributed by atoms with Crippen LogP contribution in [-0.4, -0.2) is 42.4 Å². The zero-order chi connectivity index (χ0) is 13.0. The molecule has 6 nitrogen and oxygen atoms in total. The van der Waals surface area contributed by atoms with Gasteiger partial charge in [-0.15, -0.1) is 0 Å². The molecule has 102 valence electrons. The molecule has 1 fully saturated rings. The van der Waals surface area contributed by atoms with Crippen LogP contribution >= 0.6 is 0 Å². The molecule has 0 spiro atoms. The molecule has 0 aromatic carbocycles. The van der Waals surface area contributed by atoms with Crippen molar-refractivity contribution < 1.29 is 8.42 Å². The van der Waals surface area contributed by atoms with Crippen molar-refractivity contribution in [2.75, 3.05) is 12.3 Å². The summed E-state index contributed by atoms with van der Waals surface area (Å²) in [5.41, 5.74) is 0. The van der Waals surface area contributed by atoms with Crippen molar-refractivity contribution in [1.82, 2.24) is 19.6 Å². The lowest BCUT2D eigenvalue weighted by molar-refractivity contribution is 0.513. The summed E-state index contributed by atoms with van der Waals surface area (Å²) in [7, 11) is -3.21.